The van der Waals surface area contributed by atoms with E-state index >= 15 is 0 Å². The number of nitrogens with zero attached hydrogens (tertiary/aromatic N) is 3. The summed E-state index contributed by atoms with van der Waals surface area (Å²) in [7, 11) is 0. The van der Waals surface area contributed by atoms with Crippen LogP contribution in [0.2, 0.25) is 0 Å². The summed E-state index contributed by atoms with van der Waals surface area (Å²) in [5, 5.41) is 8.21. The quantitative estimate of drug-likeness (QED) is 0.836. The molecule has 3 rings (SSSR count). The Labute approximate surface area is 144 Å². The summed E-state index contributed by atoms with van der Waals surface area (Å²) < 4.78 is 0. The highest BCUT2D eigenvalue weighted by Crippen LogP contribution is 2.55. The lowest BCUT2D eigenvalue weighted by Gasteiger charge is -2.29. The first-order chi connectivity index (χ1) is 11.3. The summed E-state index contributed by atoms with van der Waals surface area (Å²) >= 11 is 1.10. The second kappa shape index (κ2) is 5.62. The molecule has 1 aromatic rings. The maximum Gasteiger partial charge on any atom is 0.270 e. The maximum absolute atomic E-state index is 13.2. The smallest absolute Gasteiger partial charge is 0.270 e. The van der Waals surface area contributed by atoms with Gasteiger partial charge in [0, 0.05) is 26.0 Å². The number of aryl methyl sites for hydroxylation is 1. The van der Waals surface area contributed by atoms with Gasteiger partial charge in [-0.3, -0.25) is 14.4 Å². The Morgan fingerprint density at radius 2 is 2.04 bits per heavy atom. The molecule has 0 radical (unpaired) electrons. The first kappa shape index (κ1) is 16.5. The number of rotatable bonds is 1. The van der Waals surface area contributed by atoms with Crippen molar-refractivity contribution in [2.45, 2.75) is 32.6 Å². The fourth-order valence-electron chi connectivity index (χ4n) is 3.15. The fraction of sp³-hybridized carbons (Fsp3) is 0.375. The molecule has 24 heavy (non-hydrogen) atoms. The monoisotopic (exact) mass is 346 g/mol. The van der Waals surface area contributed by atoms with Gasteiger partial charge in [0.25, 0.3) is 5.91 Å². The predicted octanol–water partition coefficient (Wildman–Crippen LogP) is 1.52. The van der Waals surface area contributed by atoms with Crippen LogP contribution >= 0.6 is 11.8 Å². The normalized spacial score (nSPS) is 22.0. The van der Waals surface area contributed by atoms with Crippen molar-refractivity contribution in [3.8, 4) is 0 Å². The molecule has 1 atom stereocenters. The van der Waals surface area contributed by atoms with Crippen molar-refractivity contribution in [3.05, 3.63) is 29.3 Å². The van der Waals surface area contributed by atoms with E-state index in [2.05, 4.69) is 10.4 Å². The highest BCUT2D eigenvalue weighted by Gasteiger charge is 2.61. The van der Waals surface area contributed by atoms with Crippen molar-refractivity contribution < 1.29 is 14.4 Å². The van der Waals surface area contributed by atoms with Crippen LogP contribution in [0.4, 0.5) is 5.69 Å². The van der Waals surface area contributed by atoms with Crippen LogP contribution < -0.4 is 10.2 Å². The summed E-state index contributed by atoms with van der Waals surface area (Å²) in [6, 6.07) is 5.63. The molecule has 0 unspecified atom stereocenters. The molecule has 0 saturated heterocycles. The average molecular weight is 346 g/mol. The number of carbonyl (C=O) groups excluding carboxylic acids is 3. The topological polar surface area (TPSA) is 82.1 Å². The van der Waals surface area contributed by atoms with E-state index in [0.29, 0.717) is 6.54 Å². The number of benzene rings is 1. The number of nitrogens with one attached hydrogen (secondary N) is 1. The number of carbonyl (C=O) groups is 3. The van der Waals surface area contributed by atoms with Crippen LogP contribution in [0.25, 0.3) is 0 Å². The lowest BCUT2D eigenvalue weighted by molar-refractivity contribution is -0.139. The molecule has 0 fully saturated rings. The van der Waals surface area contributed by atoms with E-state index in [0.717, 1.165) is 28.6 Å². The van der Waals surface area contributed by atoms with Crippen LogP contribution in [0.15, 0.2) is 23.3 Å². The molecule has 0 aliphatic carbocycles. The molecule has 7 nitrogen and oxygen atoms in total. The zero-order chi connectivity index (χ0) is 17.6. The molecule has 8 heteroatoms. The average Bonchev–Trinajstić information content (AvgIpc) is 2.99. The molecule has 2 aliphatic heterocycles. The van der Waals surface area contributed by atoms with Gasteiger partial charge in [-0.25, -0.2) is 0 Å². The van der Waals surface area contributed by atoms with E-state index < -0.39 is 4.87 Å². The standard InChI is InChI=1S/C16H18N4O3S/c1-5-19-13-9(2)7-6-8-12(13)16(14(19)23)20(11(4)22)18-15(24-16)17-10(3)21/h6-8H,5H2,1-4H3,(H,17,18,21)/t16-/m0/s1. The van der Waals surface area contributed by atoms with Gasteiger partial charge in [-0.1, -0.05) is 18.2 Å². The lowest BCUT2D eigenvalue weighted by atomic mass is 10.0. The van der Waals surface area contributed by atoms with Crippen molar-refractivity contribution in [2.75, 3.05) is 11.4 Å². The molecular weight excluding hydrogens is 328 g/mol. The second-order valence-corrected chi connectivity index (χ2v) is 6.87. The summed E-state index contributed by atoms with van der Waals surface area (Å²) in [6.07, 6.45) is 0. The predicted molar refractivity (Wildman–Crippen MR) is 92.2 cm³/mol. The van der Waals surface area contributed by atoms with E-state index in [4.69, 9.17) is 0 Å². The molecule has 1 N–H and O–H groups in total. The molecule has 2 aliphatic rings. The summed E-state index contributed by atoms with van der Waals surface area (Å²) in [5.74, 6) is -0.885. The minimum atomic E-state index is -1.29. The van der Waals surface area contributed by atoms with Gasteiger partial charge >= 0.3 is 0 Å². The van der Waals surface area contributed by atoms with E-state index in [9.17, 15) is 14.4 Å². The number of hydrogen-bond acceptors (Lipinski definition) is 5. The third-order valence-electron chi connectivity index (χ3n) is 4.04. The number of amidine groups is 1. The first-order valence-corrected chi connectivity index (χ1v) is 8.42. The molecule has 1 aromatic carbocycles. The minimum Gasteiger partial charge on any atom is -0.309 e. The van der Waals surface area contributed by atoms with Crippen molar-refractivity contribution in [1.82, 2.24) is 10.3 Å². The van der Waals surface area contributed by atoms with Crippen LogP contribution in [0.3, 0.4) is 0 Å². The maximum atomic E-state index is 13.2. The summed E-state index contributed by atoms with van der Waals surface area (Å²) in [4.78, 5) is 37.2. The zero-order valence-corrected chi connectivity index (χ0v) is 14.7. The van der Waals surface area contributed by atoms with Gasteiger partial charge in [0.1, 0.15) is 0 Å². The second-order valence-electron chi connectivity index (χ2n) is 5.68. The van der Waals surface area contributed by atoms with E-state index in [1.54, 1.807) is 4.90 Å². The Hall–Kier alpha value is -2.35. The lowest BCUT2D eigenvalue weighted by Crippen LogP contribution is -2.48. The van der Waals surface area contributed by atoms with Crippen LogP contribution in [0.1, 0.15) is 31.9 Å². The van der Waals surface area contributed by atoms with Gasteiger partial charge in [0.15, 0.2) is 5.17 Å². The Morgan fingerprint density at radius 3 is 2.62 bits per heavy atom. The molecular formula is C16H18N4O3S. The van der Waals surface area contributed by atoms with E-state index in [-0.39, 0.29) is 22.9 Å². The van der Waals surface area contributed by atoms with Gasteiger partial charge in [0.2, 0.25) is 16.7 Å². The third-order valence-corrected chi connectivity index (χ3v) is 5.28. The van der Waals surface area contributed by atoms with Gasteiger partial charge in [-0.15, -0.1) is 5.10 Å². The highest BCUT2D eigenvalue weighted by atomic mass is 32.2. The molecule has 0 saturated carbocycles. The van der Waals surface area contributed by atoms with Crippen molar-refractivity contribution in [2.24, 2.45) is 5.10 Å². The summed E-state index contributed by atoms with van der Waals surface area (Å²) in [5.41, 5.74) is 2.48. The number of para-hydroxylation sites is 1. The van der Waals surface area contributed by atoms with Gasteiger partial charge < -0.3 is 10.2 Å². The SMILES string of the molecule is CCN1C(=O)[C@@]2(SC(NC(C)=O)=NN2C(C)=O)c2cccc(C)c21. The zero-order valence-electron chi connectivity index (χ0n) is 13.9. The van der Waals surface area contributed by atoms with Crippen LogP contribution in [0.5, 0.6) is 0 Å². The molecule has 0 aromatic heterocycles. The molecule has 3 amide bonds. The Kier molecular flexibility index (Phi) is 3.87. The molecule has 2 heterocycles. The van der Waals surface area contributed by atoms with E-state index in [1.807, 2.05) is 32.0 Å². The minimum absolute atomic E-state index is 0.224. The number of fused-ring (bicyclic) bond motifs is 2. The van der Waals surface area contributed by atoms with Crippen molar-refractivity contribution in [3.63, 3.8) is 0 Å². The van der Waals surface area contributed by atoms with Crippen molar-refractivity contribution in [1.29, 1.82) is 0 Å². The van der Waals surface area contributed by atoms with Crippen molar-refractivity contribution >= 4 is 40.3 Å². The molecule has 0 bridgehead atoms. The van der Waals surface area contributed by atoms with Crippen LogP contribution in [-0.4, -0.2) is 34.4 Å². The third kappa shape index (κ3) is 2.13. The molecule has 126 valence electrons. The van der Waals surface area contributed by atoms with Gasteiger partial charge in [-0.05, 0) is 31.2 Å². The molecule has 1 spiro atoms. The highest BCUT2D eigenvalue weighted by molar-refractivity contribution is 8.15. The Morgan fingerprint density at radius 1 is 1.33 bits per heavy atom. The number of hydrogen-bond donors (Lipinski definition) is 1. The fourth-order valence-corrected chi connectivity index (χ4v) is 4.48. The number of likely N-dealkylation sites (N-methyl/N-ethyl adjacent to an activating group) is 1. The number of anilines is 1. The van der Waals surface area contributed by atoms with E-state index in [1.165, 1.54) is 18.9 Å². The van der Waals surface area contributed by atoms with Gasteiger partial charge in [-0.2, -0.15) is 5.01 Å². The number of amides is 3. The van der Waals surface area contributed by atoms with Crippen LogP contribution in [-0.2, 0) is 19.3 Å². The van der Waals surface area contributed by atoms with Gasteiger partial charge in [0.05, 0.1) is 5.69 Å². The van der Waals surface area contributed by atoms with Crippen LogP contribution in [0, 0.1) is 6.92 Å². The number of hydrazone groups is 1. The largest absolute Gasteiger partial charge is 0.309 e. The Balaban J connectivity index is 2.20. The Bertz CT molecular complexity index is 792. The number of thioether (sulfide) groups is 1. The first-order valence-electron chi connectivity index (χ1n) is 7.61. The summed E-state index contributed by atoms with van der Waals surface area (Å²) in [6.45, 7) is 7.03.